The van der Waals surface area contributed by atoms with E-state index < -0.39 is 0 Å². The van der Waals surface area contributed by atoms with Crippen molar-refractivity contribution in [2.75, 3.05) is 39.3 Å². The third-order valence-electron chi connectivity index (χ3n) is 15.0. The molecule has 6 aliphatic rings. The molecule has 3 saturated heterocycles. The maximum Gasteiger partial charge on any atom is 0.0739 e. The second-order valence-electron chi connectivity index (χ2n) is 18.8. The molecule has 3 aliphatic heterocycles. The SMILES string of the molecule is C.Clc1ccc2c(c1)CCc1cccnc1C2=C1CCNCC1.Clc1ccc2c(c1)CCc1cccnc1C2C1CCNCC1.c1ccc2c(c1)CCc1cccnc1C2C1CCNCC1. The van der Waals surface area contributed by atoms with E-state index in [1.54, 1.807) is 0 Å². The zero-order valence-electron chi connectivity index (χ0n) is 37.6. The van der Waals surface area contributed by atoms with E-state index in [4.69, 9.17) is 38.2 Å². The van der Waals surface area contributed by atoms with Gasteiger partial charge in [0.1, 0.15) is 0 Å². The Morgan fingerprint density at radius 2 is 0.894 bits per heavy atom. The number of fused-ring (bicyclic) bond motifs is 6. The Bertz CT molecular complexity index is 2570. The summed E-state index contributed by atoms with van der Waals surface area (Å²) < 4.78 is 0. The normalized spacial score (nSPS) is 20.2. The van der Waals surface area contributed by atoms with Crippen LogP contribution in [0.5, 0.6) is 0 Å². The van der Waals surface area contributed by atoms with Gasteiger partial charge in [0.2, 0.25) is 0 Å². The van der Waals surface area contributed by atoms with E-state index in [1.165, 1.54) is 104 Å². The highest BCUT2D eigenvalue weighted by Crippen LogP contribution is 2.43. The smallest absolute Gasteiger partial charge is 0.0739 e. The summed E-state index contributed by atoms with van der Waals surface area (Å²) >= 11 is 12.5. The minimum atomic E-state index is 0. The summed E-state index contributed by atoms with van der Waals surface area (Å²) in [5, 5.41) is 12.1. The van der Waals surface area contributed by atoms with Crippen molar-refractivity contribution >= 4 is 28.8 Å². The zero-order chi connectivity index (χ0) is 44.0. The molecule has 6 aromatic rings. The monoisotopic (exact) mass is 916 g/mol. The first kappa shape index (κ1) is 46.4. The fourth-order valence-electron chi connectivity index (χ4n) is 11.8. The molecule has 6 nitrogen and oxygen atoms in total. The summed E-state index contributed by atoms with van der Waals surface area (Å²) in [5.74, 6) is 2.31. The molecule has 0 amide bonds. The van der Waals surface area contributed by atoms with Crippen LogP contribution in [0.1, 0.15) is 125 Å². The molecule has 3 fully saturated rings. The number of nitrogens with zero attached hydrogens (tertiary/aromatic N) is 3. The van der Waals surface area contributed by atoms with Crippen LogP contribution in [0, 0.1) is 11.8 Å². The lowest BCUT2D eigenvalue weighted by atomic mass is 9.77. The van der Waals surface area contributed by atoms with Crippen LogP contribution < -0.4 is 16.0 Å². The number of pyridine rings is 3. The minimum absolute atomic E-state index is 0. The van der Waals surface area contributed by atoms with Crippen molar-refractivity contribution in [1.29, 1.82) is 0 Å². The molecule has 3 aliphatic carbocycles. The van der Waals surface area contributed by atoms with Crippen molar-refractivity contribution in [3.05, 3.63) is 198 Å². The number of rotatable bonds is 2. The van der Waals surface area contributed by atoms with Crippen LogP contribution in [0.25, 0.3) is 5.57 Å². The van der Waals surface area contributed by atoms with Crippen LogP contribution >= 0.6 is 23.2 Å². The van der Waals surface area contributed by atoms with Gasteiger partial charge in [0.15, 0.2) is 0 Å². The Labute approximate surface area is 403 Å². The zero-order valence-corrected chi connectivity index (χ0v) is 39.1. The molecule has 66 heavy (non-hydrogen) atoms. The maximum atomic E-state index is 6.25. The van der Waals surface area contributed by atoms with Gasteiger partial charge in [0, 0.05) is 46.0 Å². The van der Waals surface area contributed by atoms with Gasteiger partial charge in [-0.1, -0.05) is 90.8 Å². The van der Waals surface area contributed by atoms with Gasteiger partial charge < -0.3 is 16.0 Å². The van der Waals surface area contributed by atoms with Gasteiger partial charge in [0.05, 0.1) is 17.1 Å². The fourth-order valence-corrected chi connectivity index (χ4v) is 12.2. The van der Waals surface area contributed by atoms with Crippen LogP contribution in [0.2, 0.25) is 10.0 Å². The van der Waals surface area contributed by atoms with Crippen molar-refractivity contribution in [2.24, 2.45) is 11.8 Å². The Hall–Kier alpha value is -4.69. The highest BCUT2D eigenvalue weighted by Gasteiger charge is 2.34. The second kappa shape index (κ2) is 22.0. The average Bonchev–Trinajstić information content (AvgIpc) is 3.72. The van der Waals surface area contributed by atoms with Gasteiger partial charge >= 0.3 is 0 Å². The lowest BCUT2D eigenvalue weighted by molar-refractivity contribution is 0.338. The van der Waals surface area contributed by atoms with Crippen molar-refractivity contribution in [3.8, 4) is 0 Å². The first-order chi connectivity index (χ1) is 32.1. The Morgan fingerprint density at radius 1 is 0.424 bits per heavy atom. The van der Waals surface area contributed by atoms with Crippen molar-refractivity contribution in [3.63, 3.8) is 0 Å². The molecule has 3 aromatic heterocycles. The van der Waals surface area contributed by atoms with Gasteiger partial charge in [-0.3, -0.25) is 15.0 Å². The number of aromatic nitrogens is 3. The number of halogens is 2. The summed E-state index contributed by atoms with van der Waals surface area (Å²) in [7, 11) is 0. The van der Waals surface area contributed by atoms with Crippen molar-refractivity contribution in [1.82, 2.24) is 30.9 Å². The highest BCUT2D eigenvalue weighted by molar-refractivity contribution is 6.31. The van der Waals surface area contributed by atoms with Gasteiger partial charge in [-0.25, -0.2) is 0 Å². The van der Waals surface area contributed by atoms with Crippen LogP contribution in [0.15, 0.2) is 121 Å². The van der Waals surface area contributed by atoms with Gasteiger partial charge in [-0.05, 0) is 221 Å². The average molecular weight is 918 g/mol. The van der Waals surface area contributed by atoms with Crippen LogP contribution in [0.4, 0.5) is 0 Å². The van der Waals surface area contributed by atoms with Gasteiger partial charge in [0.25, 0.3) is 0 Å². The number of hydrogen-bond donors (Lipinski definition) is 3. The molecule has 3 aromatic carbocycles. The standard InChI is InChI=1S/C19H21ClN2.C19H19ClN2.C19H22N2.CH4/c2*20-16-5-6-17-15(12-16)4-3-14-2-1-9-22-19(14)18(17)13-7-10-21-11-8-13;1-2-6-17-14(4-1)7-8-16-5-3-11-21-19(16)18(17)15-9-12-20-13-10-15;/h1-2,5-6,9,12-13,18,21H,3-4,7-8,10-11H2;1-2,5-6,9,12,21H,3-4,7-8,10-11H2;1-6,11,15,18,20H,7-10,12-13H2;1H4. The molecule has 3 N–H and O–H groups in total. The van der Waals surface area contributed by atoms with Gasteiger partial charge in [-0.2, -0.15) is 0 Å². The maximum absolute atomic E-state index is 6.25. The second-order valence-corrected chi connectivity index (χ2v) is 19.7. The first-order valence-corrected chi connectivity index (χ1v) is 25.2. The summed E-state index contributed by atoms with van der Waals surface area (Å²) in [4.78, 5) is 14.4. The number of aryl methyl sites for hydroxylation is 6. The number of nitrogens with one attached hydrogen (secondary N) is 3. The van der Waals surface area contributed by atoms with E-state index in [-0.39, 0.29) is 7.43 Å². The van der Waals surface area contributed by atoms with E-state index in [9.17, 15) is 0 Å². The minimum Gasteiger partial charge on any atom is -0.317 e. The Kier molecular flexibility index (Phi) is 15.4. The lowest BCUT2D eigenvalue weighted by Crippen LogP contribution is -2.31. The number of benzene rings is 3. The molecule has 6 heterocycles. The highest BCUT2D eigenvalue weighted by atomic mass is 35.5. The number of piperidine rings is 3. The quantitative estimate of drug-likeness (QED) is 0.161. The molecular weight excluding hydrogens is 852 g/mol. The van der Waals surface area contributed by atoms with Crippen LogP contribution in [-0.2, 0) is 38.5 Å². The van der Waals surface area contributed by atoms with Crippen LogP contribution in [-0.4, -0.2) is 54.2 Å². The largest absolute Gasteiger partial charge is 0.317 e. The van der Waals surface area contributed by atoms with E-state index in [0.29, 0.717) is 17.8 Å². The molecule has 2 unspecified atom stereocenters. The first-order valence-electron chi connectivity index (χ1n) is 24.4. The molecular formula is C58H66Cl2N6. The summed E-state index contributed by atoms with van der Waals surface area (Å²) in [6, 6.07) is 34.8. The molecule has 0 saturated carbocycles. The van der Waals surface area contributed by atoms with Crippen molar-refractivity contribution in [2.45, 2.75) is 96.3 Å². The predicted molar refractivity (Wildman–Crippen MR) is 274 cm³/mol. The lowest BCUT2D eigenvalue weighted by Gasteiger charge is -2.32. The fraction of sp³-hybridized carbons (Fsp3) is 0.397. The summed E-state index contributed by atoms with van der Waals surface area (Å²) in [5.41, 5.74) is 19.6. The third kappa shape index (κ3) is 10.2. The van der Waals surface area contributed by atoms with E-state index in [0.717, 1.165) is 107 Å². The van der Waals surface area contributed by atoms with E-state index in [2.05, 4.69) is 94.8 Å². The molecule has 12 rings (SSSR count). The molecule has 0 spiro atoms. The van der Waals surface area contributed by atoms with Crippen LogP contribution in [0.3, 0.4) is 0 Å². The van der Waals surface area contributed by atoms with E-state index in [1.807, 2.05) is 36.8 Å². The molecule has 8 heteroatoms. The molecule has 0 bridgehead atoms. The third-order valence-corrected chi connectivity index (χ3v) is 15.5. The summed E-state index contributed by atoms with van der Waals surface area (Å²) in [6.45, 7) is 6.64. The molecule has 2 atom stereocenters. The molecule has 0 radical (unpaired) electrons. The van der Waals surface area contributed by atoms with Crippen molar-refractivity contribution < 1.29 is 0 Å². The topological polar surface area (TPSA) is 74.8 Å². The van der Waals surface area contributed by atoms with E-state index >= 15 is 0 Å². The Balaban J connectivity index is 0.000000124. The van der Waals surface area contributed by atoms with Gasteiger partial charge in [-0.15, -0.1) is 0 Å². The number of hydrogen-bond acceptors (Lipinski definition) is 6. The predicted octanol–water partition coefficient (Wildman–Crippen LogP) is 11.9. The summed E-state index contributed by atoms with van der Waals surface area (Å²) in [6.07, 6.45) is 19.5. The molecule has 342 valence electrons. The Morgan fingerprint density at radius 3 is 1.55 bits per heavy atom.